The minimum atomic E-state index is -1.34. The maximum atomic E-state index is 12.5. The van der Waals surface area contributed by atoms with E-state index in [-0.39, 0.29) is 6.42 Å². The molecule has 0 saturated heterocycles. The highest BCUT2D eigenvalue weighted by molar-refractivity contribution is 5.94. The van der Waals surface area contributed by atoms with E-state index in [0.29, 0.717) is 31.5 Å². The summed E-state index contributed by atoms with van der Waals surface area (Å²) in [5.74, 6) is -3.62. The van der Waals surface area contributed by atoms with Crippen LogP contribution in [0.15, 0.2) is 12.5 Å². The molecule has 28 heavy (non-hydrogen) atoms. The molecule has 10 N–H and O–H groups in total. The highest BCUT2D eigenvalue weighted by Crippen LogP contribution is 2.03. The number of rotatable bonds is 13. The smallest absolute Gasteiger partial charge is 0.326 e. The van der Waals surface area contributed by atoms with E-state index >= 15 is 0 Å². The van der Waals surface area contributed by atoms with Gasteiger partial charge in [0.1, 0.15) is 12.1 Å². The molecular weight excluding hydrogens is 370 g/mol. The lowest BCUT2D eigenvalue weighted by Gasteiger charge is -2.22. The van der Waals surface area contributed by atoms with Crippen LogP contribution < -0.4 is 27.8 Å². The van der Waals surface area contributed by atoms with Crippen LogP contribution in [0, 0.1) is 0 Å². The summed E-state index contributed by atoms with van der Waals surface area (Å²) in [5.41, 5.74) is 16.8. The van der Waals surface area contributed by atoms with Crippen LogP contribution in [-0.2, 0) is 25.6 Å². The van der Waals surface area contributed by atoms with Crippen LogP contribution in [0.1, 0.15) is 31.4 Å². The molecule has 0 fully saturated rings. The Morgan fingerprint density at radius 1 is 1.14 bits per heavy atom. The van der Waals surface area contributed by atoms with Gasteiger partial charge in [-0.3, -0.25) is 14.4 Å². The molecule has 0 aliphatic heterocycles. The van der Waals surface area contributed by atoms with Crippen molar-refractivity contribution in [2.75, 3.05) is 6.54 Å². The van der Waals surface area contributed by atoms with Gasteiger partial charge in [0.2, 0.25) is 17.7 Å². The molecule has 0 aliphatic rings. The molecule has 3 unspecified atom stereocenters. The Morgan fingerprint density at radius 2 is 1.82 bits per heavy atom. The van der Waals surface area contributed by atoms with Crippen LogP contribution in [0.5, 0.6) is 0 Å². The fourth-order valence-corrected chi connectivity index (χ4v) is 2.42. The summed E-state index contributed by atoms with van der Waals surface area (Å²) in [6, 6.07) is -3.53. The molecule has 0 radical (unpaired) electrons. The van der Waals surface area contributed by atoms with Crippen molar-refractivity contribution < 1.29 is 24.3 Å². The second-order valence-electron chi connectivity index (χ2n) is 6.30. The topological polar surface area (TPSA) is 219 Å². The number of aromatic amines is 1. The Balaban J connectivity index is 2.75. The fourth-order valence-electron chi connectivity index (χ4n) is 2.42. The summed E-state index contributed by atoms with van der Waals surface area (Å²) in [5, 5.41) is 14.0. The van der Waals surface area contributed by atoms with Crippen molar-refractivity contribution in [1.82, 2.24) is 20.6 Å². The zero-order chi connectivity index (χ0) is 21.1. The molecule has 1 heterocycles. The predicted molar refractivity (Wildman–Crippen MR) is 98.5 cm³/mol. The van der Waals surface area contributed by atoms with E-state index in [4.69, 9.17) is 17.2 Å². The molecule has 156 valence electrons. The molecule has 1 rings (SSSR count). The molecule has 12 nitrogen and oxygen atoms in total. The number of carboxylic acid groups (broad SMARTS) is 1. The Labute approximate surface area is 161 Å². The van der Waals surface area contributed by atoms with Crippen LogP contribution in [0.3, 0.4) is 0 Å². The number of hydrogen-bond acceptors (Lipinski definition) is 7. The Kier molecular flexibility index (Phi) is 9.60. The van der Waals surface area contributed by atoms with Gasteiger partial charge in [-0.2, -0.15) is 0 Å². The third-order valence-electron chi connectivity index (χ3n) is 3.94. The summed E-state index contributed by atoms with van der Waals surface area (Å²) < 4.78 is 0. The first-order valence-electron chi connectivity index (χ1n) is 8.79. The van der Waals surface area contributed by atoms with E-state index in [1.807, 2.05) is 0 Å². The largest absolute Gasteiger partial charge is 0.480 e. The van der Waals surface area contributed by atoms with Gasteiger partial charge in [0.25, 0.3) is 0 Å². The highest BCUT2D eigenvalue weighted by atomic mass is 16.4. The number of carboxylic acids is 1. The quantitative estimate of drug-likeness (QED) is 0.174. The molecule has 3 amide bonds. The van der Waals surface area contributed by atoms with Crippen molar-refractivity contribution in [2.24, 2.45) is 17.2 Å². The maximum absolute atomic E-state index is 12.5. The molecule has 0 spiro atoms. The average molecular weight is 397 g/mol. The summed E-state index contributed by atoms with van der Waals surface area (Å²) in [6.45, 7) is 0.466. The lowest BCUT2D eigenvalue weighted by Crippen LogP contribution is -2.55. The summed E-state index contributed by atoms with van der Waals surface area (Å²) in [7, 11) is 0. The number of imidazole rings is 1. The monoisotopic (exact) mass is 397 g/mol. The van der Waals surface area contributed by atoms with E-state index < -0.39 is 48.2 Å². The van der Waals surface area contributed by atoms with Crippen LogP contribution in [-0.4, -0.2) is 63.4 Å². The van der Waals surface area contributed by atoms with Crippen molar-refractivity contribution >= 4 is 23.7 Å². The number of nitrogens with one attached hydrogen (secondary N) is 3. The number of hydrogen-bond donors (Lipinski definition) is 7. The van der Waals surface area contributed by atoms with E-state index in [0.717, 1.165) is 0 Å². The van der Waals surface area contributed by atoms with Gasteiger partial charge in [-0.05, 0) is 19.4 Å². The van der Waals surface area contributed by atoms with Gasteiger partial charge in [0.05, 0.1) is 18.8 Å². The standard InChI is InChI=1S/C16H27N7O5/c17-4-2-1-3-10(18)14(25)22-11(6-13(19)24)15(26)23-12(16(27)28)5-9-7-20-8-21-9/h7-8,10-12H,1-6,17-18H2,(H2,19,24)(H,20,21)(H,22,25)(H,23,26)(H,27,28). The maximum Gasteiger partial charge on any atom is 0.326 e. The third kappa shape index (κ3) is 8.14. The van der Waals surface area contributed by atoms with E-state index in [1.165, 1.54) is 12.5 Å². The first-order valence-corrected chi connectivity index (χ1v) is 8.79. The molecule has 0 aromatic carbocycles. The average Bonchev–Trinajstić information content (AvgIpc) is 3.13. The van der Waals surface area contributed by atoms with Gasteiger partial charge in [-0.1, -0.05) is 6.42 Å². The third-order valence-corrected chi connectivity index (χ3v) is 3.94. The summed E-state index contributed by atoms with van der Waals surface area (Å²) in [6.07, 6.45) is 3.92. The molecule has 0 saturated carbocycles. The molecule has 1 aromatic rings. The predicted octanol–water partition coefficient (Wildman–Crippen LogP) is -2.66. The molecule has 0 bridgehead atoms. The SMILES string of the molecule is NCCCCC(N)C(=O)NC(CC(N)=O)C(=O)NC(Cc1cnc[nH]1)C(=O)O. The Morgan fingerprint density at radius 3 is 2.36 bits per heavy atom. The summed E-state index contributed by atoms with van der Waals surface area (Å²) in [4.78, 5) is 53.8. The molecule has 0 aliphatic carbocycles. The minimum absolute atomic E-state index is 0.0586. The van der Waals surface area contributed by atoms with E-state index in [1.54, 1.807) is 0 Å². The number of carbonyl (C=O) groups excluding carboxylic acids is 3. The molecule has 1 aromatic heterocycles. The van der Waals surface area contributed by atoms with Crippen LogP contribution >= 0.6 is 0 Å². The first-order chi connectivity index (χ1) is 13.2. The second-order valence-corrected chi connectivity index (χ2v) is 6.30. The second kappa shape index (κ2) is 11.7. The number of amides is 3. The molecule has 12 heteroatoms. The van der Waals surface area contributed by atoms with E-state index in [2.05, 4.69) is 20.6 Å². The van der Waals surface area contributed by atoms with Crippen LogP contribution in [0.2, 0.25) is 0 Å². The van der Waals surface area contributed by atoms with Crippen molar-refractivity contribution in [2.45, 2.75) is 50.2 Å². The van der Waals surface area contributed by atoms with Crippen molar-refractivity contribution in [3.05, 3.63) is 18.2 Å². The zero-order valence-electron chi connectivity index (χ0n) is 15.4. The van der Waals surface area contributed by atoms with Gasteiger partial charge in [0, 0.05) is 18.3 Å². The van der Waals surface area contributed by atoms with Crippen molar-refractivity contribution in [1.29, 1.82) is 0 Å². The first kappa shape index (κ1) is 23.0. The van der Waals surface area contributed by atoms with Crippen molar-refractivity contribution in [3.63, 3.8) is 0 Å². The number of unbranched alkanes of at least 4 members (excludes halogenated alkanes) is 1. The van der Waals surface area contributed by atoms with Crippen LogP contribution in [0.4, 0.5) is 0 Å². The minimum Gasteiger partial charge on any atom is -0.480 e. The Hall–Kier alpha value is -2.99. The lowest BCUT2D eigenvalue weighted by atomic mass is 10.1. The van der Waals surface area contributed by atoms with Crippen molar-refractivity contribution in [3.8, 4) is 0 Å². The zero-order valence-corrected chi connectivity index (χ0v) is 15.4. The van der Waals surface area contributed by atoms with Gasteiger partial charge in [-0.15, -0.1) is 0 Å². The van der Waals surface area contributed by atoms with Gasteiger partial charge >= 0.3 is 5.97 Å². The molecular formula is C16H27N7O5. The number of primary amides is 1. The van der Waals surface area contributed by atoms with E-state index in [9.17, 15) is 24.3 Å². The van der Waals surface area contributed by atoms with Gasteiger partial charge < -0.3 is 37.9 Å². The number of aliphatic carboxylic acids is 1. The normalized spacial score (nSPS) is 13.9. The summed E-state index contributed by atoms with van der Waals surface area (Å²) >= 11 is 0. The highest BCUT2D eigenvalue weighted by Gasteiger charge is 2.29. The van der Waals surface area contributed by atoms with Crippen LogP contribution in [0.25, 0.3) is 0 Å². The number of nitrogens with zero attached hydrogens (tertiary/aromatic N) is 1. The Bertz CT molecular complexity index is 664. The lowest BCUT2D eigenvalue weighted by molar-refractivity contribution is -0.142. The van der Waals surface area contributed by atoms with Gasteiger partial charge in [0.15, 0.2) is 0 Å². The number of nitrogens with two attached hydrogens (primary N) is 3. The fraction of sp³-hybridized carbons (Fsp3) is 0.562. The molecule has 3 atom stereocenters. The number of aromatic nitrogens is 2. The number of H-pyrrole nitrogens is 1. The van der Waals surface area contributed by atoms with Gasteiger partial charge in [-0.25, -0.2) is 9.78 Å². The number of carbonyl (C=O) groups is 4.